The first kappa shape index (κ1) is 13.5. The van der Waals surface area contributed by atoms with Gasteiger partial charge < -0.3 is 4.90 Å². The Balaban J connectivity index is 0. The van der Waals surface area contributed by atoms with Crippen molar-refractivity contribution in [3.05, 3.63) is 0 Å². The molecule has 3 heteroatoms. The van der Waals surface area contributed by atoms with Crippen LogP contribution in [0.5, 0.6) is 0 Å². The first-order chi connectivity index (χ1) is 4.00. The van der Waals surface area contributed by atoms with Crippen molar-refractivity contribution in [3.8, 4) is 0 Å². The summed E-state index contributed by atoms with van der Waals surface area (Å²) in [6, 6.07) is 0. The number of halogens is 2. The van der Waals surface area contributed by atoms with Gasteiger partial charge >= 0.3 is 0 Å². The van der Waals surface area contributed by atoms with Crippen molar-refractivity contribution < 1.29 is 0 Å². The Kier molecular flexibility index (Phi) is 7.50. The third-order valence-corrected chi connectivity index (χ3v) is 2.31. The Hall–Kier alpha value is 0.920. The first-order valence-corrected chi connectivity index (χ1v) is 4.36. The SMILES string of the molecule is Br.CN(C)C(C)(C)CCBr. The number of hydrogen-bond donors (Lipinski definition) is 0. The summed E-state index contributed by atoms with van der Waals surface area (Å²) in [5.74, 6) is 0. The lowest BCUT2D eigenvalue weighted by Gasteiger charge is -2.31. The van der Waals surface area contributed by atoms with Crippen molar-refractivity contribution in [2.45, 2.75) is 25.8 Å². The molecule has 0 aliphatic carbocycles. The van der Waals surface area contributed by atoms with Crippen molar-refractivity contribution in [3.63, 3.8) is 0 Å². The monoisotopic (exact) mass is 273 g/mol. The molecule has 0 bridgehead atoms. The summed E-state index contributed by atoms with van der Waals surface area (Å²) in [5.41, 5.74) is 0.337. The summed E-state index contributed by atoms with van der Waals surface area (Å²) in [4.78, 5) is 2.24. The molecule has 0 atom stereocenters. The highest BCUT2D eigenvalue weighted by Crippen LogP contribution is 2.15. The van der Waals surface area contributed by atoms with Crippen LogP contribution in [-0.2, 0) is 0 Å². The maximum Gasteiger partial charge on any atom is 0.0155 e. The minimum Gasteiger partial charge on any atom is -0.304 e. The lowest BCUT2D eigenvalue weighted by Crippen LogP contribution is -2.38. The summed E-state index contributed by atoms with van der Waals surface area (Å²) in [5, 5.41) is 1.08. The number of rotatable bonds is 3. The number of alkyl halides is 1. The second-order valence-corrected chi connectivity index (χ2v) is 3.94. The van der Waals surface area contributed by atoms with Crippen LogP contribution in [0.3, 0.4) is 0 Å². The van der Waals surface area contributed by atoms with Gasteiger partial charge in [-0.05, 0) is 34.4 Å². The van der Waals surface area contributed by atoms with E-state index in [0.29, 0.717) is 5.54 Å². The first-order valence-electron chi connectivity index (χ1n) is 3.24. The van der Waals surface area contributed by atoms with Crippen LogP contribution in [0.4, 0.5) is 0 Å². The Morgan fingerprint density at radius 3 is 1.80 bits per heavy atom. The Morgan fingerprint density at radius 2 is 1.70 bits per heavy atom. The lowest BCUT2D eigenvalue weighted by atomic mass is 10.0. The van der Waals surface area contributed by atoms with Gasteiger partial charge in [-0.25, -0.2) is 0 Å². The van der Waals surface area contributed by atoms with E-state index < -0.39 is 0 Å². The van der Waals surface area contributed by atoms with E-state index in [1.165, 1.54) is 6.42 Å². The lowest BCUT2D eigenvalue weighted by molar-refractivity contribution is 0.191. The fourth-order valence-electron chi connectivity index (χ4n) is 0.455. The largest absolute Gasteiger partial charge is 0.304 e. The van der Waals surface area contributed by atoms with Gasteiger partial charge in [-0.2, -0.15) is 0 Å². The molecule has 0 aliphatic rings. The van der Waals surface area contributed by atoms with Gasteiger partial charge in [-0.1, -0.05) is 15.9 Å². The van der Waals surface area contributed by atoms with E-state index in [1.807, 2.05) is 0 Å². The van der Waals surface area contributed by atoms with E-state index >= 15 is 0 Å². The van der Waals surface area contributed by atoms with Crippen molar-refractivity contribution in [2.75, 3.05) is 19.4 Å². The molecule has 0 saturated heterocycles. The second-order valence-electron chi connectivity index (χ2n) is 3.15. The molecule has 0 unspecified atom stereocenters. The zero-order valence-corrected chi connectivity index (χ0v) is 10.4. The average Bonchev–Trinajstić information content (AvgIpc) is 1.65. The van der Waals surface area contributed by atoms with Crippen molar-refractivity contribution in [2.24, 2.45) is 0 Å². The molecular weight excluding hydrogens is 258 g/mol. The summed E-state index contributed by atoms with van der Waals surface area (Å²) in [7, 11) is 4.23. The van der Waals surface area contributed by atoms with Gasteiger partial charge in [-0.3, -0.25) is 0 Å². The van der Waals surface area contributed by atoms with Crippen molar-refractivity contribution in [1.29, 1.82) is 0 Å². The van der Waals surface area contributed by atoms with E-state index in [4.69, 9.17) is 0 Å². The molecule has 10 heavy (non-hydrogen) atoms. The molecule has 0 radical (unpaired) electrons. The van der Waals surface area contributed by atoms with Gasteiger partial charge in [0.25, 0.3) is 0 Å². The van der Waals surface area contributed by atoms with Crippen LogP contribution in [0.15, 0.2) is 0 Å². The molecule has 0 aromatic heterocycles. The molecular formula is C7H17Br2N. The van der Waals surface area contributed by atoms with E-state index in [0.717, 1.165) is 5.33 Å². The molecule has 0 saturated carbocycles. The van der Waals surface area contributed by atoms with Gasteiger partial charge in [0.15, 0.2) is 0 Å². The number of nitrogens with zero attached hydrogens (tertiary/aromatic N) is 1. The third-order valence-electron chi connectivity index (χ3n) is 1.92. The maximum atomic E-state index is 3.43. The molecule has 0 rings (SSSR count). The molecule has 64 valence electrons. The van der Waals surface area contributed by atoms with Crippen LogP contribution in [0, 0.1) is 0 Å². The Labute approximate surface area is 83.1 Å². The second kappa shape index (κ2) is 5.56. The highest BCUT2D eigenvalue weighted by Gasteiger charge is 2.18. The van der Waals surface area contributed by atoms with E-state index in [1.54, 1.807) is 0 Å². The van der Waals surface area contributed by atoms with Crippen LogP contribution >= 0.6 is 32.9 Å². The average molecular weight is 275 g/mol. The predicted molar refractivity (Wildman–Crippen MR) is 56.5 cm³/mol. The third kappa shape index (κ3) is 4.69. The smallest absolute Gasteiger partial charge is 0.0155 e. The molecule has 1 nitrogen and oxygen atoms in total. The quantitative estimate of drug-likeness (QED) is 0.716. The van der Waals surface area contributed by atoms with Crippen LogP contribution in [0.25, 0.3) is 0 Å². The summed E-state index contributed by atoms with van der Waals surface area (Å²) in [6.07, 6.45) is 1.19. The van der Waals surface area contributed by atoms with Crippen LogP contribution in [0.1, 0.15) is 20.3 Å². The molecule has 0 amide bonds. The van der Waals surface area contributed by atoms with Crippen LogP contribution in [-0.4, -0.2) is 29.9 Å². The minimum atomic E-state index is 0. The standard InChI is InChI=1S/C7H16BrN.BrH/c1-7(2,5-6-8)9(3)4;/h5-6H2,1-4H3;1H. The van der Waals surface area contributed by atoms with Gasteiger partial charge in [0.1, 0.15) is 0 Å². The molecule has 0 spiro atoms. The highest BCUT2D eigenvalue weighted by atomic mass is 79.9. The Bertz CT molecular complexity index is 81.7. The van der Waals surface area contributed by atoms with Crippen LogP contribution in [0.2, 0.25) is 0 Å². The van der Waals surface area contributed by atoms with Crippen LogP contribution < -0.4 is 0 Å². The van der Waals surface area contributed by atoms with E-state index in [2.05, 4.69) is 48.8 Å². The van der Waals surface area contributed by atoms with Gasteiger partial charge in [-0.15, -0.1) is 17.0 Å². The normalized spacial score (nSPS) is 11.4. The maximum absolute atomic E-state index is 3.43. The zero-order valence-electron chi connectivity index (χ0n) is 7.15. The fourth-order valence-corrected chi connectivity index (χ4v) is 1.43. The minimum absolute atomic E-state index is 0. The zero-order chi connectivity index (χ0) is 7.49. The summed E-state index contributed by atoms with van der Waals surface area (Å²) >= 11 is 3.43. The molecule has 0 fully saturated rings. The molecule has 0 aromatic rings. The molecule has 0 aromatic carbocycles. The van der Waals surface area contributed by atoms with Crippen molar-refractivity contribution in [1.82, 2.24) is 4.90 Å². The summed E-state index contributed by atoms with van der Waals surface area (Å²) in [6.45, 7) is 4.49. The van der Waals surface area contributed by atoms with E-state index in [9.17, 15) is 0 Å². The summed E-state index contributed by atoms with van der Waals surface area (Å²) < 4.78 is 0. The van der Waals surface area contributed by atoms with Gasteiger partial charge in [0.2, 0.25) is 0 Å². The molecule has 0 N–H and O–H groups in total. The molecule has 0 heterocycles. The van der Waals surface area contributed by atoms with Gasteiger partial charge in [0, 0.05) is 10.9 Å². The van der Waals surface area contributed by atoms with Gasteiger partial charge in [0.05, 0.1) is 0 Å². The van der Waals surface area contributed by atoms with Crippen molar-refractivity contribution >= 4 is 32.9 Å². The van der Waals surface area contributed by atoms with E-state index in [-0.39, 0.29) is 17.0 Å². The topological polar surface area (TPSA) is 3.24 Å². The predicted octanol–water partition coefficient (Wildman–Crippen LogP) is 2.69. The number of hydrogen-bond acceptors (Lipinski definition) is 1. The highest BCUT2D eigenvalue weighted by molar-refractivity contribution is 9.09. The molecule has 0 aliphatic heterocycles. The fraction of sp³-hybridized carbons (Fsp3) is 1.00. The Morgan fingerprint density at radius 1 is 1.30 bits per heavy atom.